The predicted octanol–water partition coefficient (Wildman–Crippen LogP) is 2.16. The molecule has 0 aliphatic heterocycles. The van der Waals surface area contributed by atoms with Crippen molar-refractivity contribution in [2.24, 2.45) is 0 Å². The van der Waals surface area contributed by atoms with Gasteiger partial charge in [0.25, 0.3) is 0 Å². The van der Waals surface area contributed by atoms with Gasteiger partial charge in [0.05, 0.1) is 5.69 Å². The Balaban J connectivity index is 1.56. The van der Waals surface area contributed by atoms with E-state index in [1.165, 1.54) is 12.8 Å². The van der Waals surface area contributed by atoms with Crippen molar-refractivity contribution in [3.8, 4) is 11.3 Å². The Labute approximate surface area is 117 Å². The standard InChI is InChI=1S/C15H18N4O/c20-15(7-8-16-12-4-5-12)18-13-3-1-2-11(10-13)14-6-9-17-19-14/h1-3,6,9-10,12,16H,4-5,7-8H2,(H,17,19)(H,18,20). The number of hydrogen-bond acceptors (Lipinski definition) is 3. The van der Waals surface area contributed by atoms with Crippen molar-refractivity contribution in [3.05, 3.63) is 36.5 Å². The molecule has 3 rings (SSSR count). The quantitative estimate of drug-likeness (QED) is 0.753. The van der Waals surface area contributed by atoms with Gasteiger partial charge in [-0.25, -0.2) is 0 Å². The molecule has 1 aromatic heterocycles. The number of rotatable bonds is 6. The molecule has 0 bridgehead atoms. The molecule has 1 aliphatic carbocycles. The van der Waals surface area contributed by atoms with Crippen LogP contribution in [-0.4, -0.2) is 28.7 Å². The minimum Gasteiger partial charge on any atom is -0.326 e. The summed E-state index contributed by atoms with van der Waals surface area (Å²) in [4.78, 5) is 11.8. The maximum Gasteiger partial charge on any atom is 0.225 e. The highest BCUT2D eigenvalue weighted by atomic mass is 16.1. The molecular weight excluding hydrogens is 252 g/mol. The molecule has 104 valence electrons. The number of H-pyrrole nitrogens is 1. The number of hydrogen-bond donors (Lipinski definition) is 3. The molecule has 1 saturated carbocycles. The van der Waals surface area contributed by atoms with E-state index in [1.807, 2.05) is 30.3 Å². The van der Waals surface area contributed by atoms with Crippen LogP contribution in [0.1, 0.15) is 19.3 Å². The van der Waals surface area contributed by atoms with E-state index in [-0.39, 0.29) is 5.91 Å². The van der Waals surface area contributed by atoms with Crippen LogP contribution in [0.25, 0.3) is 11.3 Å². The monoisotopic (exact) mass is 270 g/mol. The van der Waals surface area contributed by atoms with Gasteiger partial charge in [0.2, 0.25) is 5.91 Å². The Morgan fingerprint density at radius 2 is 2.25 bits per heavy atom. The van der Waals surface area contributed by atoms with Gasteiger partial charge in [-0.2, -0.15) is 5.10 Å². The Bertz CT molecular complexity index is 575. The van der Waals surface area contributed by atoms with Crippen molar-refractivity contribution < 1.29 is 4.79 Å². The van der Waals surface area contributed by atoms with Gasteiger partial charge in [-0.15, -0.1) is 0 Å². The van der Waals surface area contributed by atoms with E-state index >= 15 is 0 Å². The minimum atomic E-state index is 0.0416. The molecule has 3 N–H and O–H groups in total. The number of aromatic amines is 1. The first-order valence-corrected chi connectivity index (χ1v) is 6.94. The lowest BCUT2D eigenvalue weighted by Crippen LogP contribution is -2.23. The molecule has 1 heterocycles. The molecule has 1 amide bonds. The summed E-state index contributed by atoms with van der Waals surface area (Å²) in [6.45, 7) is 0.747. The third-order valence-electron chi connectivity index (χ3n) is 3.32. The molecule has 1 fully saturated rings. The summed E-state index contributed by atoms with van der Waals surface area (Å²) in [6.07, 6.45) is 4.70. The smallest absolute Gasteiger partial charge is 0.225 e. The van der Waals surface area contributed by atoms with Crippen molar-refractivity contribution in [3.63, 3.8) is 0 Å². The number of nitrogens with one attached hydrogen (secondary N) is 3. The summed E-state index contributed by atoms with van der Waals surface area (Å²) in [5.41, 5.74) is 2.77. The fraction of sp³-hybridized carbons (Fsp3) is 0.333. The summed E-state index contributed by atoms with van der Waals surface area (Å²) in [7, 11) is 0. The van der Waals surface area contributed by atoms with Crippen LogP contribution in [0.4, 0.5) is 5.69 Å². The third-order valence-corrected chi connectivity index (χ3v) is 3.32. The molecule has 20 heavy (non-hydrogen) atoms. The second kappa shape index (κ2) is 5.88. The molecule has 0 unspecified atom stereocenters. The molecule has 0 saturated heterocycles. The van der Waals surface area contributed by atoms with Gasteiger partial charge >= 0.3 is 0 Å². The topological polar surface area (TPSA) is 69.8 Å². The lowest BCUT2D eigenvalue weighted by atomic mass is 10.1. The van der Waals surface area contributed by atoms with Crippen molar-refractivity contribution in [2.45, 2.75) is 25.3 Å². The first-order chi connectivity index (χ1) is 9.81. The number of nitrogens with zero attached hydrogens (tertiary/aromatic N) is 1. The van der Waals surface area contributed by atoms with Gasteiger partial charge in [-0.3, -0.25) is 9.89 Å². The van der Waals surface area contributed by atoms with Crippen LogP contribution in [0.3, 0.4) is 0 Å². The van der Waals surface area contributed by atoms with Crippen LogP contribution in [-0.2, 0) is 4.79 Å². The molecule has 1 aromatic carbocycles. The molecule has 5 heteroatoms. The van der Waals surface area contributed by atoms with Gasteiger partial charge in [0.1, 0.15) is 0 Å². The number of aromatic nitrogens is 2. The Morgan fingerprint density at radius 1 is 1.35 bits per heavy atom. The Hall–Kier alpha value is -2.14. The molecule has 0 atom stereocenters. The summed E-state index contributed by atoms with van der Waals surface area (Å²) < 4.78 is 0. The summed E-state index contributed by atoms with van der Waals surface area (Å²) in [5, 5.41) is 13.1. The number of benzene rings is 1. The molecule has 5 nitrogen and oxygen atoms in total. The number of amides is 1. The second-order valence-corrected chi connectivity index (χ2v) is 5.08. The maximum atomic E-state index is 11.8. The van der Waals surface area contributed by atoms with Crippen molar-refractivity contribution in [1.29, 1.82) is 0 Å². The molecule has 0 spiro atoms. The van der Waals surface area contributed by atoms with E-state index in [9.17, 15) is 4.79 Å². The van der Waals surface area contributed by atoms with Gasteiger partial charge in [-0.1, -0.05) is 12.1 Å². The van der Waals surface area contributed by atoms with E-state index in [4.69, 9.17) is 0 Å². The third kappa shape index (κ3) is 3.45. The number of anilines is 1. The SMILES string of the molecule is O=C(CCNC1CC1)Nc1cccc(-c2ccn[nH]2)c1. The number of carbonyl (C=O) groups is 1. The zero-order valence-electron chi connectivity index (χ0n) is 11.2. The molecule has 2 aromatic rings. The fourth-order valence-electron chi connectivity index (χ4n) is 2.08. The maximum absolute atomic E-state index is 11.8. The average molecular weight is 270 g/mol. The van der Waals surface area contributed by atoms with Gasteiger partial charge < -0.3 is 10.6 Å². The highest BCUT2D eigenvalue weighted by Gasteiger charge is 2.20. The lowest BCUT2D eigenvalue weighted by molar-refractivity contribution is -0.116. The first-order valence-electron chi connectivity index (χ1n) is 6.94. The summed E-state index contributed by atoms with van der Waals surface area (Å²) in [6, 6.07) is 10.3. The zero-order chi connectivity index (χ0) is 13.8. The van der Waals surface area contributed by atoms with Crippen LogP contribution in [0.15, 0.2) is 36.5 Å². The van der Waals surface area contributed by atoms with Crippen LogP contribution in [0, 0.1) is 0 Å². The second-order valence-electron chi connectivity index (χ2n) is 5.08. The van der Waals surface area contributed by atoms with Crippen LogP contribution < -0.4 is 10.6 Å². The highest BCUT2D eigenvalue weighted by molar-refractivity contribution is 5.91. The van der Waals surface area contributed by atoms with E-state index in [0.717, 1.165) is 23.5 Å². The minimum absolute atomic E-state index is 0.0416. The van der Waals surface area contributed by atoms with Crippen molar-refractivity contribution in [2.75, 3.05) is 11.9 Å². The van der Waals surface area contributed by atoms with E-state index in [0.29, 0.717) is 12.5 Å². The van der Waals surface area contributed by atoms with Gasteiger partial charge in [-0.05, 0) is 31.0 Å². The average Bonchev–Trinajstić information content (AvgIpc) is 3.10. The Kier molecular flexibility index (Phi) is 3.78. The summed E-state index contributed by atoms with van der Waals surface area (Å²) in [5.74, 6) is 0.0416. The van der Waals surface area contributed by atoms with Gasteiger partial charge in [0.15, 0.2) is 0 Å². The fourth-order valence-corrected chi connectivity index (χ4v) is 2.08. The van der Waals surface area contributed by atoms with Crippen molar-refractivity contribution in [1.82, 2.24) is 15.5 Å². The summed E-state index contributed by atoms with van der Waals surface area (Å²) >= 11 is 0. The van der Waals surface area contributed by atoms with Gasteiger partial charge in [0, 0.05) is 36.5 Å². The molecule has 0 radical (unpaired) electrons. The molecule has 1 aliphatic rings. The molecular formula is C15H18N4O. The Morgan fingerprint density at radius 3 is 3.00 bits per heavy atom. The van der Waals surface area contributed by atoms with Crippen LogP contribution in [0.2, 0.25) is 0 Å². The van der Waals surface area contributed by atoms with E-state index in [1.54, 1.807) is 6.20 Å². The van der Waals surface area contributed by atoms with E-state index < -0.39 is 0 Å². The van der Waals surface area contributed by atoms with Crippen LogP contribution >= 0.6 is 0 Å². The van der Waals surface area contributed by atoms with E-state index in [2.05, 4.69) is 20.8 Å². The highest BCUT2D eigenvalue weighted by Crippen LogP contribution is 2.20. The first kappa shape index (κ1) is 12.9. The van der Waals surface area contributed by atoms with Crippen LogP contribution in [0.5, 0.6) is 0 Å². The zero-order valence-corrected chi connectivity index (χ0v) is 11.2. The normalized spacial score (nSPS) is 14.2. The lowest BCUT2D eigenvalue weighted by Gasteiger charge is -2.07. The van der Waals surface area contributed by atoms with Crippen molar-refractivity contribution >= 4 is 11.6 Å². The number of carbonyl (C=O) groups excluding carboxylic acids is 1. The largest absolute Gasteiger partial charge is 0.326 e. The predicted molar refractivity (Wildman–Crippen MR) is 78.3 cm³/mol.